The molecule has 2 aromatic rings. The van der Waals surface area contributed by atoms with Gasteiger partial charge in [-0.2, -0.15) is 0 Å². The fraction of sp³-hybridized carbons (Fsp3) is 0.368. The average Bonchev–Trinajstić information content (AvgIpc) is 2.96. The third-order valence-corrected chi connectivity index (χ3v) is 4.57. The number of aromatic carboxylic acids is 1. The molecule has 2 heterocycles. The molecule has 6 nitrogen and oxygen atoms in total. The Morgan fingerprint density at radius 2 is 2.04 bits per heavy atom. The van der Waals surface area contributed by atoms with Gasteiger partial charge in [-0.25, -0.2) is 9.78 Å². The highest BCUT2D eigenvalue weighted by Crippen LogP contribution is 2.26. The molecule has 1 saturated heterocycles. The summed E-state index contributed by atoms with van der Waals surface area (Å²) < 4.78 is 0. The van der Waals surface area contributed by atoms with Crippen molar-refractivity contribution in [3.05, 3.63) is 59.8 Å². The van der Waals surface area contributed by atoms with E-state index in [2.05, 4.69) is 22.0 Å². The second-order valence-electron chi connectivity index (χ2n) is 6.71. The van der Waals surface area contributed by atoms with Gasteiger partial charge in [-0.15, -0.1) is 0 Å². The Morgan fingerprint density at radius 1 is 1.28 bits per heavy atom. The number of hydrogen-bond acceptors (Lipinski definition) is 5. The van der Waals surface area contributed by atoms with Crippen molar-refractivity contribution < 1.29 is 15.0 Å². The van der Waals surface area contributed by atoms with Gasteiger partial charge in [0.2, 0.25) is 0 Å². The lowest BCUT2D eigenvalue weighted by Crippen LogP contribution is -2.44. The summed E-state index contributed by atoms with van der Waals surface area (Å²) in [6.45, 7) is 2.52. The molecule has 0 bridgehead atoms. The Bertz CT molecular complexity index is 738. The number of hydrogen-bond donors (Lipinski definition) is 2. The Labute approximate surface area is 147 Å². The fourth-order valence-corrected chi connectivity index (χ4v) is 3.43. The Hall–Kier alpha value is -2.44. The molecule has 1 aliphatic rings. The molecule has 1 aromatic heterocycles. The molecule has 0 spiro atoms. The summed E-state index contributed by atoms with van der Waals surface area (Å²) in [5.74, 6) is -0.635. The van der Waals surface area contributed by atoms with Gasteiger partial charge in [0.05, 0.1) is 5.60 Å². The number of carboxylic acid groups (broad SMARTS) is 1. The van der Waals surface area contributed by atoms with Crippen LogP contribution >= 0.6 is 0 Å². The molecule has 2 N–H and O–H groups in total. The van der Waals surface area contributed by atoms with E-state index in [0.29, 0.717) is 25.3 Å². The van der Waals surface area contributed by atoms with Crippen LogP contribution in [0.15, 0.2) is 48.7 Å². The monoisotopic (exact) mass is 341 g/mol. The number of carboxylic acids is 1. The van der Waals surface area contributed by atoms with Crippen LogP contribution in [-0.4, -0.2) is 58.3 Å². The van der Waals surface area contributed by atoms with E-state index in [0.717, 1.165) is 13.1 Å². The molecular formula is C19H23N3O3. The number of aromatic nitrogens is 1. The minimum Gasteiger partial charge on any atom is -0.478 e. The van der Waals surface area contributed by atoms with E-state index in [1.165, 1.54) is 11.6 Å². The van der Waals surface area contributed by atoms with Gasteiger partial charge in [0.15, 0.2) is 0 Å². The van der Waals surface area contributed by atoms with Crippen molar-refractivity contribution in [3.63, 3.8) is 0 Å². The maximum absolute atomic E-state index is 11.4. The van der Waals surface area contributed by atoms with Crippen molar-refractivity contribution in [3.8, 4) is 0 Å². The summed E-state index contributed by atoms with van der Waals surface area (Å²) in [4.78, 5) is 19.5. The molecule has 0 saturated carbocycles. The van der Waals surface area contributed by atoms with Crippen molar-refractivity contribution in [2.24, 2.45) is 0 Å². The highest BCUT2D eigenvalue weighted by Gasteiger charge is 2.37. The van der Waals surface area contributed by atoms with Crippen LogP contribution in [0.5, 0.6) is 0 Å². The van der Waals surface area contributed by atoms with E-state index in [1.54, 1.807) is 24.2 Å². The van der Waals surface area contributed by atoms with Crippen LogP contribution < -0.4 is 4.90 Å². The lowest BCUT2D eigenvalue weighted by atomic mass is 10.0. The van der Waals surface area contributed by atoms with Crippen LogP contribution in [0.4, 0.5) is 5.82 Å². The largest absolute Gasteiger partial charge is 0.478 e. The molecule has 0 amide bonds. The predicted octanol–water partition coefficient (Wildman–Crippen LogP) is 1.85. The number of benzene rings is 1. The van der Waals surface area contributed by atoms with E-state index in [4.69, 9.17) is 0 Å². The second kappa shape index (κ2) is 7.21. The summed E-state index contributed by atoms with van der Waals surface area (Å²) in [7, 11) is 1.77. The first-order valence-corrected chi connectivity index (χ1v) is 8.35. The molecule has 0 aliphatic carbocycles. The third-order valence-electron chi connectivity index (χ3n) is 4.57. The van der Waals surface area contributed by atoms with Gasteiger partial charge in [0, 0.05) is 39.4 Å². The summed E-state index contributed by atoms with van der Waals surface area (Å²) in [5, 5.41) is 20.3. The summed E-state index contributed by atoms with van der Waals surface area (Å²) >= 11 is 0. The van der Waals surface area contributed by atoms with E-state index < -0.39 is 11.6 Å². The smallest absolute Gasteiger partial charge is 0.339 e. The molecule has 1 atom stereocenters. The minimum absolute atomic E-state index is 0.146. The fourth-order valence-electron chi connectivity index (χ4n) is 3.43. The maximum atomic E-state index is 11.4. The Kier molecular flexibility index (Phi) is 5.01. The highest BCUT2D eigenvalue weighted by molar-refractivity contribution is 5.93. The van der Waals surface area contributed by atoms with Crippen LogP contribution in [0.3, 0.4) is 0 Å². The normalized spacial score (nSPS) is 20.6. The van der Waals surface area contributed by atoms with Gasteiger partial charge in [-0.1, -0.05) is 30.3 Å². The van der Waals surface area contributed by atoms with Gasteiger partial charge >= 0.3 is 5.97 Å². The quantitative estimate of drug-likeness (QED) is 0.835. The first-order chi connectivity index (χ1) is 12.0. The zero-order valence-electron chi connectivity index (χ0n) is 14.3. The number of aliphatic hydroxyl groups is 1. The number of carbonyl (C=O) groups is 1. The number of β-amino-alcohol motifs (C(OH)–C–C–N with tert-alkyl or cyclic N) is 1. The standard InChI is InChI=1S/C19H23N3O3/c1-21(17-16(18(23)24)8-5-10-20-17)13-19(25)9-11-22(14-19)12-15-6-3-2-4-7-15/h2-8,10,25H,9,11-14H2,1H3,(H,23,24). The van der Waals surface area contributed by atoms with Crippen molar-refractivity contribution in [1.29, 1.82) is 0 Å². The lowest BCUT2D eigenvalue weighted by molar-refractivity contribution is 0.0557. The van der Waals surface area contributed by atoms with Crippen LogP contribution in [0.1, 0.15) is 22.3 Å². The number of nitrogens with zero attached hydrogens (tertiary/aromatic N) is 3. The molecule has 1 unspecified atom stereocenters. The topological polar surface area (TPSA) is 76.9 Å². The minimum atomic E-state index is -1.01. The van der Waals surface area contributed by atoms with E-state index in [1.807, 2.05) is 18.2 Å². The summed E-state index contributed by atoms with van der Waals surface area (Å²) in [5.41, 5.74) is 0.488. The van der Waals surface area contributed by atoms with E-state index in [9.17, 15) is 15.0 Å². The third kappa shape index (κ3) is 4.15. The van der Waals surface area contributed by atoms with Gasteiger partial charge in [-0.3, -0.25) is 4.90 Å². The number of rotatable bonds is 6. The first kappa shape index (κ1) is 17.4. The number of likely N-dealkylation sites (tertiary alicyclic amines) is 1. The molecule has 132 valence electrons. The predicted molar refractivity (Wildman–Crippen MR) is 95.8 cm³/mol. The van der Waals surface area contributed by atoms with Crippen molar-refractivity contribution in [2.45, 2.75) is 18.6 Å². The molecule has 25 heavy (non-hydrogen) atoms. The average molecular weight is 341 g/mol. The van der Waals surface area contributed by atoms with Crippen LogP contribution in [0, 0.1) is 0 Å². The first-order valence-electron chi connectivity index (χ1n) is 8.35. The number of pyridine rings is 1. The molecule has 1 aliphatic heterocycles. The number of anilines is 1. The molecule has 0 radical (unpaired) electrons. The van der Waals surface area contributed by atoms with Crippen LogP contribution in [0.25, 0.3) is 0 Å². The molecule has 1 fully saturated rings. The maximum Gasteiger partial charge on any atom is 0.339 e. The SMILES string of the molecule is CN(CC1(O)CCN(Cc2ccccc2)C1)c1ncccc1C(=O)O. The van der Waals surface area contributed by atoms with Gasteiger partial charge in [0.1, 0.15) is 11.4 Å². The number of likely N-dealkylation sites (N-methyl/N-ethyl adjacent to an activating group) is 1. The van der Waals surface area contributed by atoms with Gasteiger partial charge in [-0.05, 0) is 24.1 Å². The van der Waals surface area contributed by atoms with Crippen LogP contribution in [-0.2, 0) is 6.54 Å². The lowest BCUT2D eigenvalue weighted by Gasteiger charge is -2.30. The Morgan fingerprint density at radius 3 is 2.76 bits per heavy atom. The van der Waals surface area contributed by atoms with Crippen molar-refractivity contribution in [2.75, 3.05) is 31.6 Å². The van der Waals surface area contributed by atoms with Crippen LogP contribution in [0.2, 0.25) is 0 Å². The summed E-state index contributed by atoms with van der Waals surface area (Å²) in [6, 6.07) is 13.3. The molecule has 6 heteroatoms. The van der Waals surface area contributed by atoms with Crippen molar-refractivity contribution in [1.82, 2.24) is 9.88 Å². The molecular weight excluding hydrogens is 318 g/mol. The summed E-state index contributed by atoms with van der Waals surface area (Å²) in [6.07, 6.45) is 2.22. The molecule has 1 aromatic carbocycles. The van der Waals surface area contributed by atoms with Crippen molar-refractivity contribution >= 4 is 11.8 Å². The van der Waals surface area contributed by atoms with Gasteiger partial charge in [0.25, 0.3) is 0 Å². The molecule has 3 rings (SSSR count). The van der Waals surface area contributed by atoms with E-state index in [-0.39, 0.29) is 5.56 Å². The Balaban J connectivity index is 1.66. The highest BCUT2D eigenvalue weighted by atomic mass is 16.4. The zero-order chi connectivity index (χ0) is 17.9. The van der Waals surface area contributed by atoms with E-state index >= 15 is 0 Å². The van der Waals surface area contributed by atoms with Gasteiger partial charge < -0.3 is 15.1 Å². The zero-order valence-corrected chi connectivity index (χ0v) is 14.3. The second-order valence-corrected chi connectivity index (χ2v) is 6.71.